The molecule has 4 rings (SSSR count). The fourth-order valence-corrected chi connectivity index (χ4v) is 6.05. The average molecular weight is 428 g/mol. The van der Waals surface area contributed by atoms with Gasteiger partial charge in [-0.1, -0.05) is 55.0 Å². The van der Waals surface area contributed by atoms with Gasteiger partial charge >= 0.3 is 0 Å². The van der Waals surface area contributed by atoms with Crippen molar-refractivity contribution in [3.8, 4) is 0 Å². The maximum atomic E-state index is 13.5. The predicted molar refractivity (Wildman–Crippen MR) is 116 cm³/mol. The van der Waals surface area contributed by atoms with Crippen LogP contribution in [0.3, 0.4) is 0 Å². The summed E-state index contributed by atoms with van der Waals surface area (Å²) < 4.78 is 28.5. The van der Waals surface area contributed by atoms with Gasteiger partial charge in [-0.2, -0.15) is 4.31 Å². The van der Waals surface area contributed by atoms with E-state index in [1.54, 1.807) is 35.2 Å². The number of carbonyl (C=O) groups is 1. The number of rotatable bonds is 5. The number of likely N-dealkylation sites (tertiary alicyclic amines) is 1. The van der Waals surface area contributed by atoms with E-state index >= 15 is 0 Å². The summed E-state index contributed by atoms with van der Waals surface area (Å²) in [6, 6.07) is 18.0. The SMILES string of the molecule is O=C(CN1CCCCC1)N1CCCN(S(=O)(=O)c2ccccc2)[C@H]1c1ccccc1. The zero-order valence-electron chi connectivity index (χ0n) is 17.2. The summed E-state index contributed by atoms with van der Waals surface area (Å²) in [4.78, 5) is 17.5. The Balaban J connectivity index is 1.67. The van der Waals surface area contributed by atoms with E-state index in [0.29, 0.717) is 26.1 Å². The summed E-state index contributed by atoms with van der Waals surface area (Å²) in [5, 5.41) is 0. The Kier molecular flexibility index (Phi) is 6.51. The standard InChI is InChI=1S/C23H29N3O3S/c27-22(19-24-15-8-3-9-16-24)25-17-10-18-26(23(25)20-11-4-1-5-12-20)30(28,29)21-13-6-2-7-14-21/h1-2,4-7,11-14,23H,3,8-10,15-19H2/t23-/m0/s1. The Hall–Kier alpha value is -2.22. The molecule has 2 aromatic carbocycles. The Morgan fingerprint density at radius 3 is 2.10 bits per heavy atom. The fraction of sp³-hybridized carbons (Fsp3) is 0.435. The molecule has 2 aliphatic rings. The highest BCUT2D eigenvalue weighted by atomic mass is 32.2. The highest BCUT2D eigenvalue weighted by Crippen LogP contribution is 2.34. The normalized spacial score (nSPS) is 21.5. The molecule has 0 aromatic heterocycles. The van der Waals surface area contributed by atoms with Gasteiger partial charge in [0.1, 0.15) is 6.17 Å². The summed E-state index contributed by atoms with van der Waals surface area (Å²) in [5.74, 6) is -0.00119. The summed E-state index contributed by atoms with van der Waals surface area (Å²) in [6.45, 7) is 3.17. The first-order valence-corrected chi connectivity index (χ1v) is 12.1. The van der Waals surface area contributed by atoms with Gasteiger partial charge in [0.25, 0.3) is 0 Å². The topological polar surface area (TPSA) is 60.9 Å². The number of benzene rings is 2. The Morgan fingerprint density at radius 2 is 1.43 bits per heavy atom. The third-order valence-corrected chi connectivity index (χ3v) is 7.79. The Bertz CT molecular complexity index is 944. The molecule has 0 radical (unpaired) electrons. The van der Waals surface area contributed by atoms with Crippen molar-refractivity contribution in [2.24, 2.45) is 0 Å². The van der Waals surface area contributed by atoms with E-state index in [2.05, 4.69) is 4.90 Å². The van der Waals surface area contributed by atoms with Crippen molar-refractivity contribution in [3.05, 3.63) is 66.2 Å². The molecule has 0 spiro atoms. The summed E-state index contributed by atoms with van der Waals surface area (Å²) >= 11 is 0. The van der Waals surface area contributed by atoms with Gasteiger partial charge in [0, 0.05) is 13.1 Å². The minimum Gasteiger partial charge on any atom is -0.321 e. The lowest BCUT2D eigenvalue weighted by Gasteiger charge is -2.44. The van der Waals surface area contributed by atoms with Crippen molar-refractivity contribution in [1.29, 1.82) is 0 Å². The van der Waals surface area contributed by atoms with Gasteiger partial charge < -0.3 is 4.90 Å². The van der Waals surface area contributed by atoms with Crippen molar-refractivity contribution in [2.45, 2.75) is 36.7 Å². The molecule has 160 valence electrons. The van der Waals surface area contributed by atoms with Crippen LogP contribution >= 0.6 is 0 Å². The van der Waals surface area contributed by atoms with E-state index in [0.717, 1.165) is 31.5 Å². The molecule has 6 nitrogen and oxygen atoms in total. The van der Waals surface area contributed by atoms with Crippen LogP contribution in [0.15, 0.2) is 65.6 Å². The van der Waals surface area contributed by atoms with Crippen LogP contribution in [0, 0.1) is 0 Å². The molecule has 0 aliphatic carbocycles. The number of hydrogen-bond donors (Lipinski definition) is 0. The average Bonchev–Trinajstić information content (AvgIpc) is 2.80. The molecular weight excluding hydrogens is 398 g/mol. The first kappa shape index (κ1) is 21.0. The van der Waals surface area contributed by atoms with Gasteiger partial charge in [-0.25, -0.2) is 8.42 Å². The Morgan fingerprint density at radius 1 is 0.800 bits per heavy atom. The third kappa shape index (κ3) is 4.43. The maximum Gasteiger partial charge on any atom is 0.245 e. The minimum atomic E-state index is -3.73. The van der Waals surface area contributed by atoms with Crippen molar-refractivity contribution < 1.29 is 13.2 Å². The quantitative estimate of drug-likeness (QED) is 0.736. The predicted octanol–water partition coefficient (Wildman–Crippen LogP) is 3.09. The molecule has 7 heteroatoms. The zero-order chi connectivity index (χ0) is 21.0. The molecule has 2 saturated heterocycles. The van der Waals surface area contributed by atoms with Crippen LogP contribution in [-0.4, -0.2) is 61.2 Å². The Labute approximate surface area is 179 Å². The summed E-state index contributed by atoms with van der Waals surface area (Å²) in [6.07, 6.45) is 3.45. The molecule has 0 N–H and O–H groups in total. The first-order chi connectivity index (χ1) is 14.6. The van der Waals surface area contributed by atoms with Gasteiger partial charge in [-0.15, -0.1) is 0 Å². The number of sulfonamides is 1. The van der Waals surface area contributed by atoms with E-state index in [-0.39, 0.29) is 10.8 Å². The second kappa shape index (κ2) is 9.29. The van der Waals surface area contributed by atoms with E-state index in [4.69, 9.17) is 0 Å². The molecule has 1 amide bonds. The van der Waals surface area contributed by atoms with Crippen LogP contribution in [0.2, 0.25) is 0 Å². The van der Waals surface area contributed by atoms with Crippen LogP contribution < -0.4 is 0 Å². The number of nitrogens with zero attached hydrogens (tertiary/aromatic N) is 3. The number of amides is 1. The molecule has 1 atom stereocenters. The summed E-state index contributed by atoms with van der Waals surface area (Å²) in [5.41, 5.74) is 0.823. The number of carbonyl (C=O) groups excluding carboxylic acids is 1. The molecule has 0 unspecified atom stereocenters. The molecule has 2 aromatic rings. The van der Waals surface area contributed by atoms with Crippen LogP contribution in [0.25, 0.3) is 0 Å². The lowest BCUT2D eigenvalue weighted by molar-refractivity contribution is -0.139. The van der Waals surface area contributed by atoms with Crippen LogP contribution in [-0.2, 0) is 14.8 Å². The molecule has 0 saturated carbocycles. The second-order valence-corrected chi connectivity index (χ2v) is 9.88. The van der Waals surface area contributed by atoms with Gasteiger partial charge in [0.2, 0.25) is 15.9 Å². The van der Waals surface area contributed by atoms with Crippen LogP contribution in [0.4, 0.5) is 0 Å². The number of hydrogen-bond acceptors (Lipinski definition) is 4. The summed E-state index contributed by atoms with van der Waals surface area (Å²) in [7, 11) is -3.73. The van der Waals surface area contributed by atoms with Gasteiger partial charge in [0.05, 0.1) is 11.4 Å². The van der Waals surface area contributed by atoms with Gasteiger partial charge in [-0.05, 0) is 50.0 Å². The highest BCUT2D eigenvalue weighted by molar-refractivity contribution is 7.89. The van der Waals surface area contributed by atoms with Gasteiger partial charge in [0.15, 0.2) is 0 Å². The van der Waals surface area contributed by atoms with Crippen molar-refractivity contribution in [3.63, 3.8) is 0 Å². The molecule has 2 fully saturated rings. The van der Waals surface area contributed by atoms with Crippen LogP contribution in [0.5, 0.6) is 0 Å². The smallest absolute Gasteiger partial charge is 0.245 e. The van der Waals surface area contributed by atoms with Crippen LogP contribution in [0.1, 0.15) is 37.4 Å². The molecular formula is C23H29N3O3S. The van der Waals surface area contributed by atoms with E-state index in [9.17, 15) is 13.2 Å². The number of piperidine rings is 1. The minimum absolute atomic E-state index is 0.00119. The zero-order valence-corrected chi connectivity index (χ0v) is 18.0. The largest absolute Gasteiger partial charge is 0.321 e. The molecule has 2 heterocycles. The molecule has 30 heavy (non-hydrogen) atoms. The molecule has 2 aliphatic heterocycles. The van der Waals surface area contributed by atoms with E-state index < -0.39 is 16.2 Å². The second-order valence-electron chi connectivity index (χ2n) is 7.99. The van der Waals surface area contributed by atoms with Gasteiger partial charge in [-0.3, -0.25) is 9.69 Å². The fourth-order valence-electron chi connectivity index (χ4n) is 4.41. The van der Waals surface area contributed by atoms with Crippen molar-refractivity contribution in [1.82, 2.24) is 14.1 Å². The monoisotopic (exact) mass is 427 g/mol. The van der Waals surface area contributed by atoms with Crippen molar-refractivity contribution >= 4 is 15.9 Å². The molecule has 0 bridgehead atoms. The lowest BCUT2D eigenvalue weighted by atomic mass is 10.1. The first-order valence-electron chi connectivity index (χ1n) is 10.7. The maximum absolute atomic E-state index is 13.5. The third-order valence-electron chi connectivity index (χ3n) is 5.92. The lowest BCUT2D eigenvalue weighted by Crippen LogP contribution is -2.54. The van der Waals surface area contributed by atoms with Crippen molar-refractivity contribution in [2.75, 3.05) is 32.7 Å². The van der Waals surface area contributed by atoms with E-state index in [1.807, 2.05) is 30.3 Å². The highest BCUT2D eigenvalue weighted by Gasteiger charge is 2.40. The van der Waals surface area contributed by atoms with E-state index in [1.165, 1.54) is 10.7 Å².